The lowest BCUT2D eigenvalue weighted by Gasteiger charge is -2.14. The fraction of sp³-hybridized carbons (Fsp3) is 0.0769. The third kappa shape index (κ3) is 1.54. The highest BCUT2D eigenvalue weighted by Crippen LogP contribution is 2.22. The smallest absolute Gasteiger partial charge is 0.250 e. The molecule has 0 fully saturated rings. The van der Waals surface area contributed by atoms with E-state index in [0.717, 1.165) is 16.3 Å². The number of carbonyl (C=O) groups excluding carboxylic acids is 1. The molecule has 2 heterocycles. The molecule has 0 aliphatic carbocycles. The summed E-state index contributed by atoms with van der Waals surface area (Å²) in [4.78, 5) is 17.6. The fourth-order valence-corrected chi connectivity index (χ4v) is 2.05. The summed E-state index contributed by atoms with van der Waals surface area (Å²) in [6.07, 6.45) is 5.52. The van der Waals surface area contributed by atoms with Gasteiger partial charge in [-0.2, -0.15) is 0 Å². The molecule has 0 spiro atoms. The van der Waals surface area contributed by atoms with Gasteiger partial charge in [0.25, 0.3) is 5.91 Å². The van der Waals surface area contributed by atoms with Crippen molar-refractivity contribution in [2.75, 3.05) is 6.54 Å². The maximum Gasteiger partial charge on any atom is 0.250 e. The SMILES string of the molecule is NC(=O)C1=CCN2C=c3ccccc3=NC=C12. The average molecular weight is 225 g/mol. The molecule has 4 nitrogen and oxygen atoms in total. The standard InChI is InChI=1S/C13H11N3O/c14-13(17)10-5-6-16-8-9-3-1-2-4-11(9)15-7-12(10)16/h1-5,7-8H,6H2,(H2,14,17). The highest BCUT2D eigenvalue weighted by molar-refractivity contribution is 5.97. The van der Waals surface area contributed by atoms with Gasteiger partial charge in [0.05, 0.1) is 22.8 Å². The lowest BCUT2D eigenvalue weighted by Crippen LogP contribution is -2.26. The van der Waals surface area contributed by atoms with Gasteiger partial charge in [-0.05, 0) is 12.1 Å². The molecule has 1 amide bonds. The number of amides is 1. The van der Waals surface area contributed by atoms with Gasteiger partial charge in [-0.1, -0.05) is 18.2 Å². The van der Waals surface area contributed by atoms with Crippen molar-refractivity contribution in [2.45, 2.75) is 0 Å². The molecule has 0 unspecified atom stereocenters. The summed E-state index contributed by atoms with van der Waals surface area (Å²) in [5, 5.41) is 1.94. The summed E-state index contributed by atoms with van der Waals surface area (Å²) in [5.41, 5.74) is 6.64. The Bertz CT molecular complexity index is 670. The Hall–Kier alpha value is -2.36. The molecule has 0 saturated heterocycles. The predicted octanol–water partition coefficient (Wildman–Crippen LogP) is -0.374. The first kappa shape index (κ1) is 9.84. The quantitative estimate of drug-likeness (QED) is 0.708. The number of hydrogen-bond acceptors (Lipinski definition) is 3. The molecule has 2 N–H and O–H groups in total. The molecule has 2 aliphatic heterocycles. The topological polar surface area (TPSA) is 58.7 Å². The van der Waals surface area contributed by atoms with E-state index in [9.17, 15) is 4.79 Å². The summed E-state index contributed by atoms with van der Waals surface area (Å²) < 4.78 is 0. The van der Waals surface area contributed by atoms with Crippen LogP contribution in [0.2, 0.25) is 0 Å². The van der Waals surface area contributed by atoms with E-state index in [4.69, 9.17) is 5.73 Å². The van der Waals surface area contributed by atoms with Crippen LogP contribution in [0, 0.1) is 0 Å². The van der Waals surface area contributed by atoms with Gasteiger partial charge < -0.3 is 10.6 Å². The minimum Gasteiger partial charge on any atom is -0.366 e. The molecule has 3 rings (SSSR count). The van der Waals surface area contributed by atoms with Crippen LogP contribution in [0.5, 0.6) is 0 Å². The second-order valence-electron chi connectivity index (χ2n) is 3.97. The van der Waals surface area contributed by atoms with Gasteiger partial charge in [0, 0.05) is 18.0 Å². The zero-order valence-corrected chi connectivity index (χ0v) is 9.13. The van der Waals surface area contributed by atoms with E-state index < -0.39 is 5.91 Å². The van der Waals surface area contributed by atoms with Crippen LogP contribution in [-0.4, -0.2) is 17.4 Å². The van der Waals surface area contributed by atoms with E-state index in [1.165, 1.54) is 0 Å². The lowest BCUT2D eigenvalue weighted by atomic mass is 10.2. The Morgan fingerprint density at radius 1 is 1.35 bits per heavy atom. The van der Waals surface area contributed by atoms with Crippen LogP contribution in [0.25, 0.3) is 6.20 Å². The molecular weight excluding hydrogens is 214 g/mol. The molecule has 1 aromatic rings. The molecule has 0 saturated carbocycles. The van der Waals surface area contributed by atoms with Gasteiger partial charge in [-0.25, -0.2) is 0 Å². The molecule has 84 valence electrons. The first-order chi connectivity index (χ1) is 8.25. The zero-order chi connectivity index (χ0) is 11.8. The Balaban J connectivity index is 2.17. The molecule has 0 aromatic heterocycles. The number of para-hydroxylation sites is 1. The summed E-state index contributed by atoms with van der Waals surface area (Å²) in [6, 6.07) is 7.85. The maximum atomic E-state index is 11.3. The highest BCUT2D eigenvalue weighted by Gasteiger charge is 2.22. The van der Waals surface area contributed by atoms with Crippen LogP contribution in [-0.2, 0) is 4.79 Å². The van der Waals surface area contributed by atoms with Gasteiger partial charge in [0.2, 0.25) is 0 Å². The normalized spacial score (nSPS) is 16.8. The molecule has 17 heavy (non-hydrogen) atoms. The number of primary amides is 1. The number of carbonyl (C=O) groups is 1. The van der Waals surface area contributed by atoms with E-state index >= 15 is 0 Å². The van der Waals surface area contributed by atoms with E-state index in [1.807, 2.05) is 41.4 Å². The summed E-state index contributed by atoms with van der Waals surface area (Å²) >= 11 is 0. The minimum atomic E-state index is -0.409. The molecule has 0 atom stereocenters. The van der Waals surface area contributed by atoms with Gasteiger partial charge in [-0.15, -0.1) is 0 Å². The van der Waals surface area contributed by atoms with Crippen LogP contribution in [0.4, 0.5) is 0 Å². The molecule has 4 heteroatoms. The minimum absolute atomic E-state index is 0.409. The molecule has 2 aliphatic rings. The zero-order valence-electron chi connectivity index (χ0n) is 9.13. The summed E-state index contributed by atoms with van der Waals surface area (Å²) in [6.45, 7) is 0.661. The number of hydrogen-bond donors (Lipinski definition) is 1. The van der Waals surface area contributed by atoms with Crippen molar-refractivity contribution in [3.63, 3.8) is 0 Å². The number of rotatable bonds is 1. The van der Waals surface area contributed by atoms with E-state index in [0.29, 0.717) is 12.1 Å². The van der Waals surface area contributed by atoms with Crippen molar-refractivity contribution < 1.29 is 4.79 Å². The fourth-order valence-electron chi connectivity index (χ4n) is 2.05. The van der Waals surface area contributed by atoms with Gasteiger partial charge >= 0.3 is 0 Å². The molecular formula is C13H11N3O. The van der Waals surface area contributed by atoms with Crippen molar-refractivity contribution >= 4 is 12.1 Å². The number of fused-ring (bicyclic) bond motifs is 2. The van der Waals surface area contributed by atoms with Gasteiger partial charge in [0.15, 0.2) is 0 Å². The number of nitrogens with zero attached hydrogens (tertiary/aromatic N) is 2. The van der Waals surface area contributed by atoms with Crippen molar-refractivity contribution in [1.29, 1.82) is 0 Å². The lowest BCUT2D eigenvalue weighted by molar-refractivity contribution is -0.114. The monoisotopic (exact) mass is 225 g/mol. The van der Waals surface area contributed by atoms with E-state index in [2.05, 4.69) is 4.99 Å². The second kappa shape index (κ2) is 3.59. The van der Waals surface area contributed by atoms with Gasteiger partial charge in [0.1, 0.15) is 0 Å². The van der Waals surface area contributed by atoms with Gasteiger partial charge in [-0.3, -0.25) is 9.79 Å². The third-order valence-corrected chi connectivity index (χ3v) is 2.90. The second-order valence-corrected chi connectivity index (χ2v) is 3.97. The number of benzene rings is 1. The van der Waals surface area contributed by atoms with Crippen LogP contribution in [0.15, 0.2) is 52.8 Å². The maximum absolute atomic E-state index is 11.3. The Kier molecular flexibility index (Phi) is 2.08. The first-order valence-electron chi connectivity index (χ1n) is 5.37. The Morgan fingerprint density at radius 2 is 2.18 bits per heavy atom. The third-order valence-electron chi connectivity index (χ3n) is 2.90. The number of nitrogens with two attached hydrogens (primary N) is 1. The van der Waals surface area contributed by atoms with E-state index in [1.54, 1.807) is 6.20 Å². The van der Waals surface area contributed by atoms with Crippen molar-refractivity contribution in [1.82, 2.24) is 4.90 Å². The Labute approximate surface area is 98.1 Å². The summed E-state index contributed by atoms with van der Waals surface area (Å²) in [5.74, 6) is -0.409. The summed E-state index contributed by atoms with van der Waals surface area (Å²) in [7, 11) is 0. The molecule has 1 aromatic carbocycles. The van der Waals surface area contributed by atoms with Crippen molar-refractivity contribution in [3.05, 3.63) is 58.4 Å². The Morgan fingerprint density at radius 3 is 3.00 bits per heavy atom. The van der Waals surface area contributed by atoms with Crippen LogP contribution in [0.3, 0.4) is 0 Å². The van der Waals surface area contributed by atoms with Crippen molar-refractivity contribution in [3.8, 4) is 0 Å². The van der Waals surface area contributed by atoms with Crippen LogP contribution in [0.1, 0.15) is 0 Å². The van der Waals surface area contributed by atoms with Crippen molar-refractivity contribution in [2.24, 2.45) is 10.7 Å². The molecule has 0 bridgehead atoms. The molecule has 0 radical (unpaired) electrons. The first-order valence-corrected chi connectivity index (χ1v) is 5.37. The predicted molar refractivity (Wildman–Crippen MR) is 63.8 cm³/mol. The van der Waals surface area contributed by atoms with Crippen LogP contribution >= 0.6 is 0 Å². The van der Waals surface area contributed by atoms with Crippen LogP contribution < -0.4 is 16.3 Å². The highest BCUT2D eigenvalue weighted by atomic mass is 16.1. The average Bonchev–Trinajstić information content (AvgIpc) is 2.63. The largest absolute Gasteiger partial charge is 0.366 e. The van der Waals surface area contributed by atoms with E-state index in [-0.39, 0.29) is 0 Å².